The summed E-state index contributed by atoms with van der Waals surface area (Å²) < 4.78 is 19.1. The highest BCUT2D eigenvalue weighted by atomic mass is 19.1. The van der Waals surface area contributed by atoms with Crippen LogP contribution in [0.3, 0.4) is 0 Å². The first-order valence-corrected chi connectivity index (χ1v) is 9.25. The minimum atomic E-state index is -0.746. The van der Waals surface area contributed by atoms with Crippen LogP contribution in [-0.2, 0) is 22.7 Å². The average molecular weight is 408 g/mol. The summed E-state index contributed by atoms with van der Waals surface area (Å²) in [7, 11) is 1.20. The van der Waals surface area contributed by atoms with E-state index in [2.05, 4.69) is 15.5 Å². The Labute approximate surface area is 173 Å². The molecule has 0 aliphatic rings. The van der Waals surface area contributed by atoms with Crippen LogP contribution in [0.5, 0.6) is 0 Å². The lowest BCUT2D eigenvalue weighted by Crippen LogP contribution is -2.24. The Morgan fingerprint density at radius 3 is 2.37 bits per heavy atom. The van der Waals surface area contributed by atoms with Crippen molar-refractivity contribution in [3.05, 3.63) is 101 Å². The van der Waals surface area contributed by atoms with Crippen molar-refractivity contribution in [2.24, 2.45) is 0 Å². The molecule has 0 aliphatic heterocycles. The molecule has 0 radical (unpaired) electrons. The molecule has 6 nitrogen and oxygen atoms in total. The van der Waals surface area contributed by atoms with E-state index in [0.717, 1.165) is 5.56 Å². The number of amides is 1. The van der Waals surface area contributed by atoms with E-state index in [9.17, 15) is 14.0 Å². The van der Waals surface area contributed by atoms with Gasteiger partial charge < -0.3 is 10.1 Å². The molecule has 1 amide bonds. The van der Waals surface area contributed by atoms with Gasteiger partial charge in [-0.1, -0.05) is 54.6 Å². The average Bonchev–Trinajstić information content (AvgIpc) is 2.78. The number of esters is 1. The van der Waals surface area contributed by atoms with Gasteiger partial charge in [0.2, 0.25) is 0 Å². The number of carbonyl (C=O) groups is 2. The number of para-hydroxylation sites is 1. The van der Waals surface area contributed by atoms with Crippen molar-refractivity contribution >= 4 is 17.6 Å². The van der Waals surface area contributed by atoms with Crippen molar-refractivity contribution in [2.45, 2.75) is 13.2 Å². The minimum Gasteiger partial charge on any atom is -0.465 e. The van der Waals surface area contributed by atoms with Crippen molar-refractivity contribution in [1.82, 2.24) is 5.48 Å². The topological polar surface area (TPSA) is 76.7 Å². The highest BCUT2D eigenvalue weighted by Crippen LogP contribution is 2.19. The third kappa shape index (κ3) is 5.21. The Balaban J connectivity index is 1.65. The second kappa shape index (κ2) is 10.2. The first kappa shape index (κ1) is 21.0. The van der Waals surface area contributed by atoms with Crippen LogP contribution in [0.15, 0.2) is 72.8 Å². The second-order valence-corrected chi connectivity index (χ2v) is 6.37. The van der Waals surface area contributed by atoms with Gasteiger partial charge in [-0.3, -0.25) is 9.63 Å². The van der Waals surface area contributed by atoms with Gasteiger partial charge in [-0.25, -0.2) is 14.7 Å². The summed E-state index contributed by atoms with van der Waals surface area (Å²) in [6.07, 6.45) is 0. The van der Waals surface area contributed by atoms with E-state index in [4.69, 9.17) is 4.84 Å². The van der Waals surface area contributed by atoms with Crippen molar-refractivity contribution in [3.63, 3.8) is 0 Å². The molecule has 0 atom stereocenters. The van der Waals surface area contributed by atoms with Crippen LogP contribution >= 0.6 is 0 Å². The number of hydrogen-bond donors (Lipinski definition) is 2. The molecule has 7 heteroatoms. The molecule has 0 fully saturated rings. The maximum absolute atomic E-state index is 14.6. The summed E-state index contributed by atoms with van der Waals surface area (Å²) in [6.45, 7) is 0.305. The number of rotatable bonds is 8. The Bertz CT molecular complexity index is 1020. The number of carbonyl (C=O) groups excluding carboxylic acids is 2. The maximum atomic E-state index is 14.6. The van der Waals surface area contributed by atoms with Crippen LogP contribution in [0, 0.1) is 5.82 Å². The fourth-order valence-corrected chi connectivity index (χ4v) is 2.82. The molecule has 2 N–H and O–H groups in total. The van der Waals surface area contributed by atoms with Gasteiger partial charge in [-0.05, 0) is 23.8 Å². The first-order chi connectivity index (χ1) is 14.6. The standard InChI is InChI=1S/C23H21FN2O4/c1-29-23(28)19-12-7-10-17(21(19)24)14-25-20-13-6-5-11-18(20)22(27)26-30-15-16-8-3-2-4-9-16/h2-13,25H,14-15H2,1H3,(H,26,27). The zero-order valence-electron chi connectivity index (χ0n) is 16.4. The number of anilines is 1. The van der Waals surface area contributed by atoms with Crippen LogP contribution in [0.25, 0.3) is 0 Å². The number of hydroxylamine groups is 1. The predicted molar refractivity (Wildman–Crippen MR) is 110 cm³/mol. The lowest BCUT2D eigenvalue weighted by molar-refractivity contribution is 0.0234. The van der Waals surface area contributed by atoms with Crippen LogP contribution in [0.1, 0.15) is 31.8 Å². The molecule has 0 saturated carbocycles. The highest BCUT2D eigenvalue weighted by Gasteiger charge is 2.16. The summed E-state index contributed by atoms with van der Waals surface area (Å²) in [4.78, 5) is 29.5. The maximum Gasteiger partial charge on any atom is 0.340 e. The monoisotopic (exact) mass is 408 g/mol. The van der Waals surface area contributed by atoms with E-state index in [-0.39, 0.29) is 24.3 Å². The van der Waals surface area contributed by atoms with Crippen molar-refractivity contribution < 1.29 is 23.6 Å². The van der Waals surface area contributed by atoms with Crippen molar-refractivity contribution in [3.8, 4) is 0 Å². The van der Waals surface area contributed by atoms with Crippen LogP contribution in [0.2, 0.25) is 0 Å². The smallest absolute Gasteiger partial charge is 0.340 e. The Kier molecular flexibility index (Phi) is 7.13. The van der Waals surface area contributed by atoms with Gasteiger partial charge in [0.05, 0.1) is 24.8 Å². The normalized spacial score (nSPS) is 10.3. The van der Waals surface area contributed by atoms with Crippen LogP contribution in [-0.4, -0.2) is 19.0 Å². The molecule has 0 spiro atoms. The summed E-state index contributed by atoms with van der Waals surface area (Å²) >= 11 is 0. The molecule has 0 aromatic heterocycles. The van der Waals surface area contributed by atoms with Gasteiger partial charge in [0.1, 0.15) is 5.82 Å². The van der Waals surface area contributed by atoms with Crippen LogP contribution in [0.4, 0.5) is 10.1 Å². The first-order valence-electron chi connectivity index (χ1n) is 9.25. The number of hydrogen-bond acceptors (Lipinski definition) is 5. The lowest BCUT2D eigenvalue weighted by Gasteiger charge is -2.13. The van der Waals surface area contributed by atoms with Gasteiger partial charge in [0, 0.05) is 17.8 Å². The van der Waals surface area contributed by atoms with E-state index in [1.807, 2.05) is 30.3 Å². The summed E-state index contributed by atoms with van der Waals surface area (Å²) in [6, 6.07) is 20.7. The Morgan fingerprint density at radius 1 is 0.900 bits per heavy atom. The third-order valence-electron chi connectivity index (χ3n) is 4.37. The zero-order valence-corrected chi connectivity index (χ0v) is 16.4. The van der Waals surface area contributed by atoms with Crippen molar-refractivity contribution in [2.75, 3.05) is 12.4 Å². The Morgan fingerprint density at radius 2 is 1.60 bits per heavy atom. The molecule has 0 aliphatic carbocycles. The molecule has 0 saturated heterocycles. The summed E-state index contributed by atoms with van der Waals surface area (Å²) in [5, 5.41) is 3.04. The van der Waals surface area contributed by atoms with Gasteiger partial charge >= 0.3 is 5.97 Å². The number of methoxy groups -OCH3 is 1. The molecular weight excluding hydrogens is 387 g/mol. The number of halogens is 1. The van der Waals surface area contributed by atoms with E-state index >= 15 is 0 Å². The van der Waals surface area contributed by atoms with Crippen molar-refractivity contribution in [1.29, 1.82) is 0 Å². The molecule has 154 valence electrons. The SMILES string of the molecule is COC(=O)c1cccc(CNc2ccccc2C(=O)NOCc2ccccc2)c1F. The second-order valence-electron chi connectivity index (χ2n) is 6.37. The molecule has 30 heavy (non-hydrogen) atoms. The van der Waals surface area contributed by atoms with E-state index in [0.29, 0.717) is 11.3 Å². The molecule has 0 heterocycles. The molecule has 3 rings (SSSR count). The number of ether oxygens (including phenoxy) is 1. The highest BCUT2D eigenvalue weighted by molar-refractivity contribution is 5.99. The third-order valence-corrected chi connectivity index (χ3v) is 4.37. The summed E-state index contributed by atoms with van der Waals surface area (Å²) in [5.41, 5.74) is 4.31. The molecule has 0 unspecified atom stereocenters. The van der Waals surface area contributed by atoms with Crippen LogP contribution < -0.4 is 10.8 Å². The number of benzene rings is 3. The molecule has 3 aromatic carbocycles. The number of nitrogens with one attached hydrogen (secondary N) is 2. The van der Waals surface area contributed by atoms with E-state index in [1.165, 1.54) is 13.2 Å². The van der Waals surface area contributed by atoms with Gasteiger partial charge in [0.25, 0.3) is 5.91 Å². The molecular formula is C23H21FN2O4. The molecule has 0 bridgehead atoms. The van der Waals surface area contributed by atoms with Gasteiger partial charge in [0.15, 0.2) is 0 Å². The Hall–Kier alpha value is -3.71. The fourth-order valence-electron chi connectivity index (χ4n) is 2.82. The lowest BCUT2D eigenvalue weighted by atomic mass is 10.1. The summed E-state index contributed by atoms with van der Waals surface area (Å²) in [5.74, 6) is -1.84. The van der Waals surface area contributed by atoms with E-state index < -0.39 is 17.7 Å². The molecule has 3 aromatic rings. The quantitative estimate of drug-likeness (QED) is 0.434. The largest absolute Gasteiger partial charge is 0.465 e. The van der Waals surface area contributed by atoms with E-state index in [1.54, 1.807) is 36.4 Å². The minimum absolute atomic E-state index is 0.0752. The zero-order chi connectivity index (χ0) is 21.3. The van der Waals surface area contributed by atoms with Gasteiger partial charge in [-0.2, -0.15) is 0 Å². The van der Waals surface area contributed by atoms with Gasteiger partial charge in [-0.15, -0.1) is 0 Å². The predicted octanol–water partition coefficient (Wildman–Crippen LogP) is 4.09. The fraction of sp³-hybridized carbons (Fsp3) is 0.130.